The molecule has 1 saturated heterocycles. The maximum atomic E-state index is 11.5. The number of aliphatic hydroxyl groups excluding tert-OH is 1. The summed E-state index contributed by atoms with van der Waals surface area (Å²) < 4.78 is 0. The molecule has 0 aromatic carbocycles. The van der Waals surface area contributed by atoms with Crippen LogP contribution in [0.15, 0.2) is 0 Å². The highest BCUT2D eigenvalue weighted by molar-refractivity contribution is 5.80. The first-order valence-corrected chi connectivity index (χ1v) is 5.77. The number of amides is 1. The minimum absolute atomic E-state index is 0.0157. The predicted octanol–water partition coefficient (Wildman–Crippen LogP) is 0.119. The fraction of sp³-hybridized carbons (Fsp3) is 0.909. The number of carbonyl (C=O) groups excluding carboxylic acids is 1. The molecule has 1 aliphatic heterocycles. The number of rotatable bonds is 4. The monoisotopic (exact) mass is 214 g/mol. The Morgan fingerprint density at radius 1 is 1.47 bits per heavy atom. The predicted molar refractivity (Wildman–Crippen MR) is 59.4 cm³/mol. The summed E-state index contributed by atoms with van der Waals surface area (Å²) >= 11 is 0. The van der Waals surface area contributed by atoms with Crippen LogP contribution in [0.5, 0.6) is 0 Å². The zero-order chi connectivity index (χ0) is 11.3. The van der Waals surface area contributed by atoms with E-state index in [-0.39, 0.29) is 11.8 Å². The molecule has 4 heteroatoms. The van der Waals surface area contributed by atoms with Gasteiger partial charge in [0.2, 0.25) is 5.91 Å². The summed E-state index contributed by atoms with van der Waals surface area (Å²) in [4.78, 5) is 11.5. The highest BCUT2D eigenvalue weighted by Crippen LogP contribution is 2.10. The molecule has 0 unspecified atom stereocenters. The molecule has 0 aliphatic carbocycles. The Labute approximate surface area is 91.4 Å². The van der Waals surface area contributed by atoms with Crippen molar-refractivity contribution >= 4 is 5.91 Å². The van der Waals surface area contributed by atoms with Gasteiger partial charge in [-0.05, 0) is 37.8 Å². The number of piperidine rings is 1. The molecule has 0 aromatic heterocycles. The van der Waals surface area contributed by atoms with Gasteiger partial charge in [-0.15, -0.1) is 0 Å². The Hall–Kier alpha value is -0.610. The summed E-state index contributed by atoms with van der Waals surface area (Å²) in [5.41, 5.74) is 0. The van der Waals surface area contributed by atoms with Gasteiger partial charge in [0.15, 0.2) is 0 Å². The first-order valence-electron chi connectivity index (χ1n) is 5.77. The van der Waals surface area contributed by atoms with E-state index in [1.165, 1.54) is 0 Å². The van der Waals surface area contributed by atoms with Crippen molar-refractivity contribution in [3.63, 3.8) is 0 Å². The van der Waals surface area contributed by atoms with Crippen LogP contribution in [0.25, 0.3) is 0 Å². The molecule has 1 heterocycles. The Bertz CT molecular complexity index is 201. The lowest BCUT2D eigenvalue weighted by Crippen LogP contribution is -2.42. The summed E-state index contributed by atoms with van der Waals surface area (Å²) in [6.07, 6.45) is 1.35. The molecule has 15 heavy (non-hydrogen) atoms. The van der Waals surface area contributed by atoms with E-state index in [0.717, 1.165) is 25.9 Å². The second kappa shape index (κ2) is 6.08. The van der Waals surface area contributed by atoms with Gasteiger partial charge in [-0.25, -0.2) is 0 Å². The Morgan fingerprint density at radius 3 is 2.60 bits per heavy atom. The highest BCUT2D eigenvalue weighted by Gasteiger charge is 2.20. The zero-order valence-electron chi connectivity index (χ0n) is 9.62. The van der Waals surface area contributed by atoms with Gasteiger partial charge >= 0.3 is 0 Å². The molecular formula is C11H22N2O2. The van der Waals surface area contributed by atoms with Crippen molar-refractivity contribution < 1.29 is 9.90 Å². The fourth-order valence-electron chi connectivity index (χ4n) is 1.74. The van der Waals surface area contributed by atoms with Crippen LogP contribution in [0, 0.1) is 11.8 Å². The maximum Gasteiger partial charge on any atom is 0.249 e. The molecule has 1 amide bonds. The van der Waals surface area contributed by atoms with Crippen molar-refractivity contribution in [3.8, 4) is 0 Å². The summed E-state index contributed by atoms with van der Waals surface area (Å²) in [5.74, 6) is 0.316. The highest BCUT2D eigenvalue weighted by atomic mass is 16.3. The Morgan fingerprint density at radius 2 is 2.07 bits per heavy atom. The van der Waals surface area contributed by atoms with Crippen molar-refractivity contribution in [1.82, 2.24) is 10.6 Å². The number of aliphatic hydroxyl groups is 1. The number of carbonyl (C=O) groups is 1. The van der Waals surface area contributed by atoms with E-state index in [1.807, 2.05) is 13.8 Å². The lowest BCUT2D eigenvalue weighted by atomic mass is 9.98. The van der Waals surface area contributed by atoms with Crippen molar-refractivity contribution in [1.29, 1.82) is 0 Å². The largest absolute Gasteiger partial charge is 0.383 e. The molecule has 1 atom stereocenters. The topological polar surface area (TPSA) is 61.4 Å². The molecule has 88 valence electrons. The van der Waals surface area contributed by atoms with E-state index in [0.29, 0.717) is 12.5 Å². The van der Waals surface area contributed by atoms with E-state index in [2.05, 4.69) is 10.6 Å². The lowest BCUT2D eigenvalue weighted by Gasteiger charge is -2.23. The van der Waals surface area contributed by atoms with Gasteiger partial charge in [0, 0.05) is 6.54 Å². The second-order valence-corrected chi connectivity index (χ2v) is 4.63. The van der Waals surface area contributed by atoms with Gasteiger partial charge in [-0.2, -0.15) is 0 Å². The molecule has 1 aliphatic rings. The van der Waals surface area contributed by atoms with Crippen LogP contribution in [0.1, 0.15) is 26.7 Å². The van der Waals surface area contributed by atoms with E-state index < -0.39 is 6.10 Å². The second-order valence-electron chi connectivity index (χ2n) is 4.63. The average Bonchev–Trinajstić information content (AvgIpc) is 2.26. The SMILES string of the molecule is CC(C)[C@H](O)C(=O)NCC1CCNCC1. The van der Waals surface area contributed by atoms with Gasteiger partial charge in [0.05, 0.1) is 0 Å². The molecule has 0 radical (unpaired) electrons. The van der Waals surface area contributed by atoms with Gasteiger partial charge in [-0.3, -0.25) is 4.79 Å². The van der Waals surface area contributed by atoms with Gasteiger partial charge in [0.1, 0.15) is 6.10 Å². The molecule has 0 aromatic rings. The van der Waals surface area contributed by atoms with Crippen LogP contribution >= 0.6 is 0 Å². The summed E-state index contributed by atoms with van der Waals surface area (Å²) in [6.45, 7) is 6.45. The van der Waals surface area contributed by atoms with Gasteiger partial charge in [0.25, 0.3) is 0 Å². The standard InChI is InChI=1S/C11H22N2O2/c1-8(2)10(14)11(15)13-7-9-3-5-12-6-4-9/h8-10,12,14H,3-7H2,1-2H3,(H,13,15)/t10-/m0/s1. The third-order valence-corrected chi connectivity index (χ3v) is 2.92. The Balaban J connectivity index is 2.20. The van der Waals surface area contributed by atoms with E-state index in [9.17, 15) is 9.90 Å². The van der Waals surface area contributed by atoms with Crippen LogP contribution < -0.4 is 10.6 Å². The van der Waals surface area contributed by atoms with Crippen LogP contribution in [0.2, 0.25) is 0 Å². The van der Waals surface area contributed by atoms with Crippen molar-refractivity contribution in [2.24, 2.45) is 11.8 Å². The van der Waals surface area contributed by atoms with E-state index in [4.69, 9.17) is 0 Å². The summed E-state index contributed by atoms with van der Waals surface area (Å²) in [6, 6.07) is 0. The normalized spacial score (nSPS) is 20.3. The molecule has 1 fully saturated rings. The van der Waals surface area contributed by atoms with Crippen LogP contribution in [-0.2, 0) is 4.79 Å². The van der Waals surface area contributed by atoms with Crippen LogP contribution in [0.4, 0.5) is 0 Å². The minimum Gasteiger partial charge on any atom is -0.383 e. The number of hydrogen-bond donors (Lipinski definition) is 3. The summed E-state index contributed by atoms with van der Waals surface area (Å²) in [7, 11) is 0. The van der Waals surface area contributed by atoms with Crippen LogP contribution in [0.3, 0.4) is 0 Å². The first-order chi connectivity index (χ1) is 7.11. The molecule has 4 nitrogen and oxygen atoms in total. The minimum atomic E-state index is -0.869. The lowest BCUT2D eigenvalue weighted by molar-refractivity contribution is -0.131. The van der Waals surface area contributed by atoms with Crippen LogP contribution in [-0.4, -0.2) is 36.8 Å². The quantitative estimate of drug-likeness (QED) is 0.623. The third kappa shape index (κ3) is 4.18. The van der Waals surface area contributed by atoms with E-state index in [1.54, 1.807) is 0 Å². The van der Waals surface area contributed by atoms with E-state index >= 15 is 0 Å². The Kier molecular flexibility index (Phi) is 5.05. The zero-order valence-corrected chi connectivity index (χ0v) is 9.62. The number of nitrogens with one attached hydrogen (secondary N) is 2. The third-order valence-electron chi connectivity index (χ3n) is 2.92. The average molecular weight is 214 g/mol. The summed E-state index contributed by atoms with van der Waals surface area (Å²) in [5, 5.41) is 15.6. The molecule has 0 spiro atoms. The number of hydrogen-bond acceptors (Lipinski definition) is 3. The van der Waals surface area contributed by atoms with Crippen molar-refractivity contribution in [2.75, 3.05) is 19.6 Å². The molecule has 1 rings (SSSR count). The molecule has 0 bridgehead atoms. The first kappa shape index (κ1) is 12.5. The maximum absolute atomic E-state index is 11.5. The van der Waals surface area contributed by atoms with Crippen molar-refractivity contribution in [3.05, 3.63) is 0 Å². The molecule has 3 N–H and O–H groups in total. The van der Waals surface area contributed by atoms with Crippen molar-refractivity contribution in [2.45, 2.75) is 32.8 Å². The molecular weight excluding hydrogens is 192 g/mol. The smallest absolute Gasteiger partial charge is 0.249 e. The van der Waals surface area contributed by atoms with Gasteiger partial charge < -0.3 is 15.7 Å². The van der Waals surface area contributed by atoms with Gasteiger partial charge in [-0.1, -0.05) is 13.8 Å². The fourth-order valence-corrected chi connectivity index (χ4v) is 1.74. The molecule has 0 saturated carbocycles.